The maximum atomic E-state index is 13.2. The first-order valence-corrected chi connectivity index (χ1v) is 7.06. The number of aromatic nitrogens is 4. The fraction of sp³-hybridized carbons (Fsp3) is 0.200. The number of rotatable bonds is 2. The summed E-state index contributed by atoms with van der Waals surface area (Å²) in [5, 5.41) is 0. The molecular formula is C15H12FN5O2. The quantitative estimate of drug-likeness (QED) is 0.752. The molecule has 116 valence electrons. The highest BCUT2D eigenvalue weighted by Crippen LogP contribution is 2.18. The molecule has 8 heteroatoms. The van der Waals surface area contributed by atoms with E-state index in [4.69, 9.17) is 0 Å². The Labute approximate surface area is 129 Å². The van der Waals surface area contributed by atoms with Crippen molar-refractivity contribution in [2.45, 2.75) is 19.5 Å². The molecule has 3 aromatic rings. The second-order valence-corrected chi connectivity index (χ2v) is 5.43. The first-order valence-electron chi connectivity index (χ1n) is 7.06. The zero-order valence-electron chi connectivity index (χ0n) is 12.0. The summed E-state index contributed by atoms with van der Waals surface area (Å²) in [5.41, 5.74) is 2.07. The second kappa shape index (κ2) is 5.01. The molecule has 4 rings (SSSR count). The van der Waals surface area contributed by atoms with Crippen molar-refractivity contribution >= 4 is 11.6 Å². The second-order valence-electron chi connectivity index (χ2n) is 5.43. The van der Waals surface area contributed by atoms with Crippen molar-refractivity contribution in [1.82, 2.24) is 24.3 Å². The number of fused-ring (bicyclic) bond motifs is 2. The van der Waals surface area contributed by atoms with E-state index in [9.17, 15) is 14.0 Å². The van der Waals surface area contributed by atoms with Crippen LogP contribution in [0, 0.1) is 5.82 Å². The van der Waals surface area contributed by atoms with Crippen molar-refractivity contribution < 1.29 is 9.18 Å². The third kappa shape index (κ3) is 2.37. The Kier molecular flexibility index (Phi) is 2.97. The SMILES string of the molecule is O=C(Cc1cn2cc(F)ccc2n1)N1Cc2nc[nH]c(=O)c2C1. The van der Waals surface area contributed by atoms with Crippen LogP contribution in [-0.2, 0) is 24.3 Å². The minimum Gasteiger partial charge on any atom is -0.332 e. The van der Waals surface area contributed by atoms with E-state index in [-0.39, 0.29) is 30.2 Å². The van der Waals surface area contributed by atoms with Crippen molar-refractivity contribution in [3.8, 4) is 0 Å². The zero-order valence-corrected chi connectivity index (χ0v) is 12.0. The number of hydrogen-bond acceptors (Lipinski definition) is 4. The molecule has 0 saturated heterocycles. The number of hydrogen-bond donors (Lipinski definition) is 1. The summed E-state index contributed by atoms with van der Waals surface area (Å²) in [6, 6.07) is 2.88. The molecule has 0 aliphatic carbocycles. The topological polar surface area (TPSA) is 83.4 Å². The van der Waals surface area contributed by atoms with Gasteiger partial charge in [0, 0.05) is 12.4 Å². The van der Waals surface area contributed by atoms with Gasteiger partial charge in [0.25, 0.3) is 5.56 Å². The lowest BCUT2D eigenvalue weighted by Crippen LogP contribution is -2.27. The molecule has 3 aromatic heterocycles. The smallest absolute Gasteiger partial charge is 0.256 e. The number of H-pyrrole nitrogens is 1. The molecule has 0 spiro atoms. The summed E-state index contributed by atoms with van der Waals surface area (Å²) in [6.45, 7) is 0.569. The Morgan fingerprint density at radius 2 is 2.17 bits per heavy atom. The number of amides is 1. The van der Waals surface area contributed by atoms with E-state index in [1.54, 1.807) is 21.6 Å². The van der Waals surface area contributed by atoms with Crippen molar-refractivity contribution in [2.75, 3.05) is 0 Å². The monoisotopic (exact) mass is 313 g/mol. The number of imidazole rings is 1. The van der Waals surface area contributed by atoms with Crippen LogP contribution in [0.3, 0.4) is 0 Å². The van der Waals surface area contributed by atoms with E-state index in [0.717, 1.165) is 0 Å². The molecule has 0 saturated carbocycles. The standard InChI is InChI=1S/C15H12FN5O2/c16-9-1-2-13-19-10(5-20(13)4-9)3-14(22)21-6-11-12(7-21)17-8-18-15(11)23/h1-2,4-5,8H,3,6-7H2,(H,17,18,23). The first-order chi connectivity index (χ1) is 11.1. The van der Waals surface area contributed by atoms with Gasteiger partial charge < -0.3 is 14.3 Å². The van der Waals surface area contributed by atoms with Crippen LogP contribution < -0.4 is 5.56 Å². The first kappa shape index (κ1) is 13.6. The lowest BCUT2D eigenvalue weighted by atomic mass is 10.3. The molecule has 1 aliphatic heterocycles. The Bertz CT molecular complexity index is 977. The average Bonchev–Trinajstić information content (AvgIpc) is 3.11. The highest BCUT2D eigenvalue weighted by Gasteiger charge is 2.26. The number of aromatic amines is 1. The van der Waals surface area contributed by atoms with Gasteiger partial charge in [-0.1, -0.05) is 0 Å². The molecule has 1 N–H and O–H groups in total. The van der Waals surface area contributed by atoms with Crippen molar-refractivity contribution in [3.05, 3.63) is 64.0 Å². The lowest BCUT2D eigenvalue weighted by Gasteiger charge is -2.13. The molecule has 0 bridgehead atoms. The van der Waals surface area contributed by atoms with Crippen LogP contribution in [-0.4, -0.2) is 30.2 Å². The van der Waals surface area contributed by atoms with E-state index in [1.807, 2.05) is 0 Å². The van der Waals surface area contributed by atoms with Crippen LogP contribution in [0.2, 0.25) is 0 Å². The molecular weight excluding hydrogens is 301 g/mol. The fourth-order valence-corrected chi connectivity index (χ4v) is 2.74. The zero-order chi connectivity index (χ0) is 16.0. The Hall–Kier alpha value is -3.03. The van der Waals surface area contributed by atoms with E-state index in [1.165, 1.54) is 18.6 Å². The van der Waals surface area contributed by atoms with Crippen molar-refractivity contribution in [3.63, 3.8) is 0 Å². The molecule has 0 unspecified atom stereocenters. The van der Waals surface area contributed by atoms with Crippen molar-refractivity contribution in [1.29, 1.82) is 0 Å². The summed E-state index contributed by atoms with van der Waals surface area (Å²) in [6.07, 6.45) is 4.37. The Morgan fingerprint density at radius 1 is 1.30 bits per heavy atom. The van der Waals surface area contributed by atoms with Crippen LogP contribution in [0.25, 0.3) is 5.65 Å². The van der Waals surface area contributed by atoms with E-state index in [0.29, 0.717) is 29.1 Å². The number of nitrogens with zero attached hydrogens (tertiary/aromatic N) is 4. The number of carbonyl (C=O) groups is 1. The van der Waals surface area contributed by atoms with Gasteiger partial charge in [-0.2, -0.15) is 0 Å². The molecule has 0 atom stereocenters. The Morgan fingerprint density at radius 3 is 3.00 bits per heavy atom. The Balaban J connectivity index is 1.54. The van der Waals surface area contributed by atoms with Gasteiger partial charge in [0.1, 0.15) is 11.5 Å². The van der Waals surface area contributed by atoms with Gasteiger partial charge >= 0.3 is 0 Å². The summed E-state index contributed by atoms with van der Waals surface area (Å²) in [4.78, 5) is 36.6. The third-order valence-corrected chi connectivity index (χ3v) is 3.88. The highest BCUT2D eigenvalue weighted by molar-refractivity contribution is 5.79. The highest BCUT2D eigenvalue weighted by atomic mass is 19.1. The maximum absolute atomic E-state index is 13.2. The largest absolute Gasteiger partial charge is 0.332 e. The summed E-state index contributed by atoms with van der Waals surface area (Å²) in [5.74, 6) is -0.514. The minimum absolute atomic E-state index is 0.0925. The lowest BCUT2D eigenvalue weighted by molar-refractivity contribution is -0.131. The van der Waals surface area contributed by atoms with Gasteiger partial charge in [-0.3, -0.25) is 9.59 Å². The maximum Gasteiger partial charge on any atom is 0.256 e. The van der Waals surface area contributed by atoms with Gasteiger partial charge in [0.15, 0.2) is 0 Å². The van der Waals surface area contributed by atoms with E-state index in [2.05, 4.69) is 15.0 Å². The van der Waals surface area contributed by atoms with Crippen LogP contribution >= 0.6 is 0 Å². The minimum atomic E-state index is -0.368. The normalized spacial score (nSPS) is 13.5. The summed E-state index contributed by atoms with van der Waals surface area (Å²) in [7, 11) is 0. The molecule has 23 heavy (non-hydrogen) atoms. The predicted molar refractivity (Wildman–Crippen MR) is 78.0 cm³/mol. The molecule has 4 heterocycles. The van der Waals surface area contributed by atoms with Gasteiger partial charge in [-0.15, -0.1) is 0 Å². The molecule has 7 nitrogen and oxygen atoms in total. The van der Waals surface area contributed by atoms with Crippen LogP contribution in [0.4, 0.5) is 4.39 Å². The average molecular weight is 313 g/mol. The van der Waals surface area contributed by atoms with Crippen LogP contribution in [0.1, 0.15) is 17.0 Å². The molecule has 1 aliphatic rings. The van der Waals surface area contributed by atoms with Gasteiger partial charge in [0.05, 0.1) is 42.8 Å². The van der Waals surface area contributed by atoms with Gasteiger partial charge in [0.2, 0.25) is 5.91 Å². The third-order valence-electron chi connectivity index (χ3n) is 3.88. The number of nitrogens with one attached hydrogen (secondary N) is 1. The molecule has 1 amide bonds. The van der Waals surface area contributed by atoms with Gasteiger partial charge in [-0.25, -0.2) is 14.4 Å². The van der Waals surface area contributed by atoms with E-state index < -0.39 is 0 Å². The summed E-state index contributed by atoms with van der Waals surface area (Å²) < 4.78 is 14.7. The van der Waals surface area contributed by atoms with Gasteiger partial charge in [-0.05, 0) is 12.1 Å². The number of carbonyl (C=O) groups excluding carboxylic acids is 1. The number of halogens is 1. The van der Waals surface area contributed by atoms with Crippen LogP contribution in [0.5, 0.6) is 0 Å². The molecule has 0 aromatic carbocycles. The fourth-order valence-electron chi connectivity index (χ4n) is 2.74. The van der Waals surface area contributed by atoms with Crippen molar-refractivity contribution in [2.24, 2.45) is 0 Å². The predicted octanol–water partition coefficient (Wildman–Crippen LogP) is 0.642. The number of pyridine rings is 1. The van der Waals surface area contributed by atoms with Crippen LogP contribution in [0.15, 0.2) is 35.6 Å². The van der Waals surface area contributed by atoms with E-state index >= 15 is 0 Å². The molecule has 0 fully saturated rings. The summed E-state index contributed by atoms with van der Waals surface area (Å²) >= 11 is 0. The molecule has 0 radical (unpaired) electrons.